The molecule has 0 radical (unpaired) electrons. The number of anilines is 2. The van der Waals surface area contributed by atoms with Crippen molar-refractivity contribution in [2.75, 3.05) is 45.7 Å². The normalized spacial score (nSPS) is 15.1. The van der Waals surface area contributed by atoms with E-state index in [1.165, 1.54) is 4.31 Å². The molecule has 9 nitrogen and oxygen atoms in total. The monoisotopic (exact) mass is 463 g/mol. The summed E-state index contributed by atoms with van der Waals surface area (Å²) in [6.45, 7) is 2.21. The Bertz CT molecular complexity index is 1200. The summed E-state index contributed by atoms with van der Waals surface area (Å²) in [7, 11) is -0.431. The van der Waals surface area contributed by atoms with Gasteiger partial charge in [-0.2, -0.15) is 9.29 Å². The van der Waals surface area contributed by atoms with E-state index < -0.39 is 10.0 Å². The molecule has 2 N–H and O–H groups in total. The van der Waals surface area contributed by atoms with Crippen LogP contribution < -0.4 is 20.1 Å². The molecule has 1 saturated heterocycles. The minimum absolute atomic E-state index is 0.0696. The molecule has 0 unspecified atom stereocenters. The lowest BCUT2D eigenvalue weighted by molar-refractivity contribution is 0.356. The van der Waals surface area contributed by atoms with Crippen LogP contribution in [0.3, 0.4) is 0 Å². The van der Waals surface area contributed by atoms with Gasteiger partial charge in [-0.05, 0) is 41.9 Å². The van der Waals surface area contributed by atoms with Crippen molar-refractivity contribution in [3.63, 3.8) is 0 Å². The quantitative estimate of drug-likeness (QED) is 0.537. The SMILES string of the molecule is COc1cc2nc(Cl)nc(Nc3ccc(S(=O)(=O)N4CCNCC4)cc3)c2cc1OC. The van der Waals surface area contributed by atoms with Crippen molar-refractivity contribution in [3.05, 3.63) is 41.7 Å². The highest BCUT2D eigenvalue weighted by atomic mass is 35.5. The molecule has 0 spiro atoms. The molecule has 0 saturated carbocycles. The minimum atomic E-state index is -3.52. The Morgan fingerprint density at radius 3 is 2.32 bits per heavy atom. The van der Waals surface area contributed by atoms with Crippen LogP contribution in [0.15, 0.2) is 41.3 Å². The summed E-state index contributed by atoms with van der Waals surface area (Å²) in [5.74, 6) is 1.52. The number of hydrogen-bond donors (Lipinski definition) is 2. The molecule has 0 atom stereocenters. The van der Waals surface area contributed by atoms with E-state index in [0.29, 0.717) is 60.1 Å². The summed E-state index contributed by atoms with van der Waals surface area (Å²) < 4.78 is 37.8. The van der Waals surface area contributed by atoms with Gasteiger partial charge in [-0.25, -0.2) is 13.4 Å². The third kappa shape index (κ3) is 4.38. The molecular weight excluding hydrogens is 442 g/mol. The summed E-state index contributed by atoms with van der Waals surface area (Å²) in [6, 6.07) is 10.0. The molecule has 164 valence electrons. The van der Waals surface area contributed by atoms with Gasteiger partial charge in [0, 0.05) is 43.3 Å². The molecule has 1 aliphatic rings. The zero-order valence-electron chi connectivity index (χ0n) is 17.1. The number of rotatable bonds is 6. The van der Waals surface area contributed by atoms with Gasteiger partial charge in [0.25, 0.3) is 0 Å². The third-order valence-corrected chi connectivity index (χ3v) is 7.09. The van der Waals surface area contributed by atoms with Gasteiger partial charge in [-0.1, -0.05) is 0 Å². The molecule has 1 fully saturated rings. The third-order valence-electron chi connectivity index (χ3n) is 5.00. The summed E-state index contributed by atoms with van der Waals surface area (Å²) in [5, 5.41) is 7.09. The fourth-order valence-corrected chi connectivity index (χ4v) is 5.02. The maximum absolute atomic E-state index is 12.8. The van der Waals surface area contributed by atoms with Crippen LogP contribution in [0.4, 0.5) is 11.5 Å². The molecule has 2 aromatic carbocycles. The van der Waals surface area contributed by atoms with E-state index in [1.54, 1.807) is 50.6 Å². The fraction of sp³-hybridized carbons (Fsp3) is 0.300. The van der Waals surface area contributed by atoms with Gasteiger partial charge in [-0.3, -0.25) is 0 Å². The van der Waals surface area contributed by atoms with Gasteiger partial charge in [0.15, 0.2) is 11.5 Å². The molecule has 0 bridgehead atoms. The lowest BCUT2D eigenvalue weighted by Gasteiger charge is -2.26. The molecule has 31 heavy (non-hydrogen) atoms. The Kier molecular flexibility index (Phi) is 6.15. The van der Waals surface area contributed by atoms with Gasteiger partial charge in [0.05, 0.1) is 24.6 Å². The summed E-state index contributed by atoms with van der Waals surface area (Å²) in [4.78, 5) is 8.78. The van der Waals surface area contributed by atoms with Gasteiger partial charge in [0.1, 0.15) is 5.82 Å². The van der Waals surface area contributed by atoms with Crippen LogP contribution in [-0.2, 0) is 10.0 Å². The second-order valence-electron chi connectivity index (χ2n) is 6.87. The number of sulfonamides is 1. The molecule has 1 aliphatic heterocycles. The first-order chi connectivity index (χ1) is 14.9. The number of benzene rings is 2. The van der Waals surface area contributed by atoms with Crippen molar-refractivity contribution in [2.24, 2.45) is 0 Å². The number of hydrogen-bond acceptors (Lipinski definition) is 8. The van der Waals surface area contributed by atoms with Gasteiger partial charge in [-0.15, -0.1) is 0 Å². The summed E-state index contributed by atoms with van der Waals surface area (Å²) in [5.41, 5.74) is 1.24. The zero-order valence-corrected chi connectivity index (χ0v) is 18.6. The molecule has 1 aromatic heterocycles. The summed E-state index contributed by atoms with van der Waals surface area (Å²) >= 11 is 6.11. The fourth-order valence-electron chi connectivity index (χ4n) is 3.40. The lowest BCUT2D eigenvalue weighted by atomic mass is 10.2. The topological polar surface area (TPSA) is 106 Å². The highest BCUT2D eigenvalue weighted by Gasteiger charge is 2.25. The predicted octanol–water partition coefficient (Wildman–Crippen LogP) is 2.64. The Labute approximate surface area is 185 Å². The highest BCUT2D eigenvalue weighted by molar-refractivity contribution is 7.89. The van der Waals surface area contributed by atoms with Crippen molar-refractivity contribution in [3.8, 4) is 11.5 Å². The maximum atomic E-state index is 12.8. The number of ether oxygens (including phenoxy) is 2. The van der Waals surface area contributed by atoms with E-state index in [4.69, 9.17) is 21.1 Å². The Morgan fingerprint density at radius 1 is 1.03 bits per heavy atom. The van der Waals surface area contributed by atoms with E-state index >= 15 is 0 Å². The number of fused-ring (bicyclic) bond motifs is 1. The zero-order chi connectivity index (χ0) is 22.0. The smallest absolute Gasteiger partial charge is 0.243 e. The van der Waals surface area contributed by atoms with Crippen molar-refractivity contribution in [2.45, 2.75) is 4.90 Å². The largest absolute Gasteiger partial charge is 0.493 e. The van der Waals surface area contributed by atoms with Crippen molar-refractivity contribution < 1.29 is 17.9 Å². The number of methoxy groups -OCH3 is 2. The van der Waals surface area contributed by atoms with E-state index in [0.717, 1.165) is 0 Å². The van der Waals surface area contributed by atoms with Crippen LogP contribution in [0.5, 0.6) is 11.5 Å². The Morgan fingerprint density at radius 2 is 1.68 bits per heavy atom. The molecule has 11 heteroatoms. The predicted molar refractivity (Wildman–Crippen MR) is 119 cm³/mol. The van der Waals surface area contributed by atoms with Crippen LogP contribution >= 0.6 is 11.6 Å². The van der Waals surface area contributed by atoms with E-state index in [9.17, 15) is 8.42 Å². The van der Waals surface area contributed by atoms with Gasteiger partial charge >= 0.3 is 0 Å². The average Bonchev–Trinajstić information content (AvgIpc) is 2.79. The molecule has 0 amide bonds. The lowest BCUT2D eigenvalue weighted by Crippen LogP contribution is -2.46. The molecule has 2 heterocycles. The van der Waals surface area contributed by atoms with Crippen molar-refractivity contribution in [1.29, 1.82) is 0 Å². The summed E-state index contributed by atoms with van der Waals surface area (Å²) in [6.07, 6.45) is 0. The molecule has 0 aliphatic carbocycles. The average molecular weight is 464 g/mol. The highest BCUT2D eigenvalue weighted by Crippen LogP contribution is 2.35. The van der Waals surface area contributed by atoms with E-state index in [-0.39, 0.29) is 10.2 Å². The number of nitrogens with one attached hydrogen (secondary N) is 2. The van der Waals surface area contributed by atoms with E-state index in [1.807, 2.05) is 0 Å². The number of nitrogens with zero attached hydrogens (tertiary/aromatic N) is 3. The van der Waals surface area contributed by atoms with E-state index in [2.05, 4.69) is 20.6 Å². The molecular formula is C20H22ClN5O4S. The second-order valence-corrected chi connectivity index (χ2v) is 9.15. The first kappa shape index (κ1) is 21.6. The van der Waals surface area contributed by atoms with Crippen LogP contribution in [-0.4, -0.2) is 63.1 Å². The van der Waals surface area contributed by atoms with Crippen LogP contribution in [0, 0.1) is 0 Å². The van der Waals surface area contributed by atoms with Gasteiger partial charge in [0.2, 0.25) is 15.3 Å². The standard InChI is InChI=1S/C20H22ClN5O4S/c1-29-17-11-15-16(12-18(17)30-2)24-20(21)25-19(15)23-13-3-5-14(6-4-13)31(27,28)26-9-7-22-8-10-26/h3-6,11-12,22H,7-10H2,1-2H3,(H,23,24,25). The van der Waals surface area contributed by atoms with Gasteiger partial charge < -0.3 is 20.1 Å². The molecule has 4 rings (SSSR count). The second kappa shape index (κ2) is 8.83. The first-order valence-electron chi connectivity index (χ1n) is 9.59. The molecule has 3 aromatic rings. The number of aromatic nitrogens is 2. The van der Waals surface area contributed by atoms with Crippen LogP contribution in [0.2, 0.25) is 5.28 Å². The minimum Gasteiger partial charge on any atom is -0.493 e. The Balaban J connectivity index is 1.65. The first-order valence-corrected chi connectivity index (χ1v) is 11.4. The van der Waals surface area contributed by atoms with Crippen LogP contribution in [0.25, 0.3) is 10.9 Å². The Hall–Kier alpha value is -2.66. The number of halogens is 1. The van der Waals surface area contributed by atoms with Crippen molar-refractivity contribution >= 4 is 44.0 Å². The van der Waals surface area contributed by atoms with Crippen LogP contribution in [0.1, 0.15) is 0 Å². The maximum Gasteiger partial charge on any atom is 0.243 e. The number of piperazine rings is 1. The van der Waals surface area contributed by atoms with Crippen molar-refractivity contribution in [1.82, 2.24) is 19.6 Å².